The lowest BCUT2D eigenvalue weighted by molar-refractivity contribution is 0.631. The standard InChI is InChI=1S/C26H20FN5/c27-21-4-2-1-3-17(21)19-14-20-23(9-11-29-26(20)24-10-12-30-32-24)31-25(19)18-8-7-16(13-22(18)28)15-5-6-15/h1-4,7-15H,5-6,28H2,(H,30,32). The molecule has 3 N–H and O–H groups in total. The second-order valence-electron chi connectivity index (χ2n) is 8.18. The minimum Gasteiger partial charge on any atom is -0.398 e. The number of pyridine rings is 2. The highest BCUT2D eigenvalue weighted by Gasteiger charge is 2.25. The third-order valence-electron chi connectivity index (χ3n) is 6.04. The van der Waals surface area contributed by atoms with Gasteiger partial charge in [-0.15, -0.1) is 0 Å². The highest BCUT2D eigenvalue weighted by Crippen LogP contribution is 2.43. The first-order chi connectivity index (χ1) is 15.7. The fourth-order valence-electron chi connectivity index (χ4n) is 4.26. The van der Waals surface area contributed by atoms with Gasteiger partial charge in [-0.05, 0) is 54.7 Å². The lowest BCUT2D eigenvalue weighted by Gasteiger charge is -2.15. The van der Waals surface area contributed by atoms with E-state index < -0.39 is 0 Å². The van der Waals surface area contributed by atoms with E-state index in [-0.39, 0.29) is 5.82 Å². The summed E-state index contributed by atoms with van der Waals surface area (Å²) in [6.07, 6.45) is 5.81. The topological polar surface area (TPSA) is 80.5 Å². The highest BCUT2D eigenvalue weighted by atomic mass is 19.1. The zero-order valence-corrected chi connectivity index (χ0v) is 17.2. The van der Waals surface area contributed by atoms with Crippen LogP contribution in [0.5, 0.6) is 0 Å². The van der Waals surface area contributed by atoms with Gasteiger partial charge in [0.25, 0.3) is 0 Å². The third kappa shape index (κ3) is 3.12. The summed E-state index contributed by atoms with van der Waals surface area (Å²) in [6, 6.07) is 18.6. The minimum absolute atomic E-state index is 0.310. The number of benzene rings is 2. The van der Waals surface area contributed by atoms with Crippen molar-refractivity contribution in [3.05, 3.63) is 84.4 Å². The van der Waals surface area contributed by atoms with E-state index in [1.165, 1.54) is 24.5 Å². The number of hydrogen-bond donors (Lipinski definition) is 2. The maximum Gasteiger partial charge on any atom is 0.131 e. The molecule has 1 fully saturated rings. The van der Waals surface area contributed by atoms with Crippen LogP contribution in [-0.4, -0.2) is 20.2 Å². The van der Waals surface area contributed by atoms with E-state index in [2.05, 4.69) is 21.2 Å². The zero-order chi connectivity index (χ0) is 21.7. The van der Waals surface area contributed by atoms with Gasteiger partial charge in [-0.25, -0.2) is 9.37 Å². The van der Waals surface area contributed by atoms with Crippen LogP contribution in [0.4, 0.5) is 10.1 Å². The molecule has 0 spiro atoms. The van der Waals surface area contributed by atoms with Crippen molar-refractivity contribution in [2.75, 3.05) is 5.73 Å². The van der Waals surface area contributed by atoms with Crippen molar-refractivity contribution in [2.45, 2.75) is 18.8 Å². The first-order valence-electron chi connectivity index (χ1n) is 10.6. The summed E-state index contributed by atoms with van der Waals surface area (Å²) in [5.74, 6) is 0.292. The Morgan fingerprint density at radius 1 is 0.875 bits per heavy atom. The van der Waals surface area contributed by atoms with Crippen molar-refractivity contribution in [1.82, 2.24) is 20.2 Å². The number of nitrogens with zero attached hydrogens (tertiary/aromatic N) is 3. The molecule has 1 aliphatic rings. The molecule has 0 aliphatic heterocycles. The number of nitrogens with one attached hydrogen (secondary N) is 1. The Bertz CT molecular complexity index is 1460. The number of aromatic amines is 1. The van der Waals surface area contributed by atoms with E-state index in [4.69, 9.17) is 10.7 Å². The van der Waals surface area contributed by atoms with Crippen molar-refractivity contribution >= 4 is 16.6 Å². The molecular formula is C26H20FN5. The Kier molecular flexibility index (Phi) is 4.24. The van der Waals surface area contributed by atoms with E-state index >= 15 is 0 Å². The van der Waals surface area contributed by atoms with Crippen molar-refractivity contribution in [1.29, 1.82) is 0 Å². The van der Waals surface area contributed by atoms with Gasteiger partial charge < -0.3 is 5.73 Å². The Balaban J connectivity index is 1.64. The number of H-pyrrole nitrogens is 1. The van der Waals surface area contributed by atoms with Crippen LogP contribution >= 0.6 is 0 Å². The maximum atomic E-state index is 14.9. The zero-order valence-electron chi connectivity index (χ0n) is 17.2. The molecule has 0 unspecified atom stereocenters. The first-order valence-corrected chi connectivity index (χ1v) is 10.6. The lowest BCUT2D eigenvalue weighted by atomic mass is 9.94. The van der Waals surface area contributed by atoms with Crippen molar-refractivity contribution in [3.8, 4) is 33.8 Å². The largest absolute Gasteiger partial charge is 0.398 e. The predicted octanol–water partition coefficient (Wildman–Crippen LogP) is 5.95. The lowest BCUT2D eigenvalue weighted by Crippen LogP contribution is -1.99. The van der Waals surface area contributed by atoms with Gasteiger partial charge in [0.1, 0.15) is 5.82 Å². The molecule has 1 aliphatic carbocycles. The van der Waals surface area contributed by atoms with Crippen molar-refractivity contribution in [2.24, 2.45) is 0 Å². The molecule has 1 saturated carbocycles. The number of halogens is 1. The molecule has 2 aromatic carbocycles. The van der Waals surface area contributed by atoms with Crippen molar-refractivity contribution in [3.63, 3.8) is 0 Å². The molecule has 6 rings (SSSR count). The molecule has 5 aromatic rings. The summed E-state index contributed by atoms with van der Waals surface area (Å²) in [5.41, 5.74) is 13.3. The number of aromatic nitrogens is 4. The van der Waals surface area contributed by atoms with Gasteiger partial charge >= 0.3 is 0 Å². The molecule has 3 heterocycles. The van der Waals surface area contributed by atoms with Crippen LogP contribution in [0.1, 0.15) is 24.3 Å². The Morgan fingerprint density at radius 3 is 2.50 bits per heavy atom. The molecule has 0 amide bonds. The SMILES string of the molecule is Nc1cc(C2CC2)ccc1-c1nc2ccnc(-c3ccn[nH]3)c2cc1-c1ccccc1F. The predicted molar refractivity (Wildman–Crippen MR) is 124 cm³/mol. The maximum absolute atomic E-state index is 14.9. The monoisotopic (exact) mass is 421 g/mol. The number of anilines is 1. The Labute approximate surface area is 184 Å². The molecule has 5 nitrogen and oxygen atoms in total. The molecule has 0 atom stereocenters. The average Bonchev–Trinajstić information content (AvgIpc) is 3.52. The second kappa shape index (κ2) is 7.27. The molecule has 3 aromatic heterocycles. The first kappa shape index (κ1) is 18.7. The van der Waals surface area contributed by atoms with Gasteiger partial charge in [0.05, 0.1) is 22.6 Å². The highest BCUT2D eigenvalue weighted by molar-refractivity contribution is 5.99. The fraction of sp³-hybridized carbons (Fsp3) is 0.115. The summed E-state index contributed by atoms with van der Waals surface area (Å²) in [6.45, 7) is 0. The van der Waals surface area contributed by atoms with Crippen LogP contribution in [0.3, 0.4) is 0 Å². The smallest absolute Gasteiger partial charge is 0.131 e. The van der Waals surface area contributed by atoms with E-state index in [1.54, 1.807) is 24.5 Å². The fourth-order valence-corrected chi connectivity index (χ4v) is 4.26. The van der Waals surface area contributed by atoms with Crippen molar-refractivity contribution < 1.29 is 4.39 Å². The second-order valence-corrected chi connectivity index (χ2v) is 8.18. The van der Waals surface area contributed by atoms with Crippen LogP contribution in [-0.2, 0) is 0 Å². The molecule has 0 radical (unpaired) electrons. The van der Waals surface area contributed by atoms with Crippen LogP contribution in [0.25, 0.3) is 44.7 Å². The molecule has 0 saturated heterocycles. The number of rotatable bonds is 4. The average molecular weight is 421 g/mol. The summed E-state index contributed by atoms with van der Waals surface area (Å²) in [4.78, 5) is 9.50. The molecule has 0 bridgehead atoms. The van der Waals surface area contributed by atoms with Gasteiger partial charge in [0, 0.05) is 40.2 Å². The van der Waals surface area contributed by atoms with Gasteiger partial charge in [-0.1, -0.05) is 30.3 Å². The van der Waals surface area contributed by atoms with Gasteiger partial charge in [-0.3, -0.25) is 10.1 Å². The van der Waals surface area contributed by atoms with Crippen LogP contribution in [0, 0.1) is 5.82 Å². The third-order valence-corrected chi connectivity index (χ3v) is 6.04. The molecule has 156 valence electrons. The minimum atomic E-state index is -0.310. The Morgan fingerprint density at radius 2 is 1.75 bits per heavy atom. The Hall–Kier alpha value is -4.06. The number of fused-ring (bicyclic) bond motifs is 1. The summed E-state index contributed by atoms with van der Waals surface area (Å²) >= 11 is 0. The quantitative estimate of drug-likeness (QED) is 0.351. The van der Waals surface area contributed by atoms with E-state index in [0.717, 1.165) is 22.2 Å². The van der Waals surface area contributed by atoms with E-state index in [9.17, 15) is 4.39 Å². The molecule has 32 heavy (non-hydrogen) atoms. The number of nitrogen functional groups attached to an aromatic ring is 1. The van der Waals surface area contributed by atoms with Crippen LogP contribution in [0.2, 0.25) is 0 Å². The van der Waals surface area contributed by atoms with Gasteiger partial charge in [0.15, 0.2) is 0 Å². The van der Waals surface area contributed by atoms with Crippen LogP contribution < -0.4 is 5.73 Å². The van der Waals surface area contributed by atoms with Gasteiger partial charge in [-0.2, -0.15) is 5.10 Å². The molecule has 6 heteroatoms. The molecular weight excluding hydrogens is 401 g/mol. The van der Waals surface area contributed by atoms with E-state index in [0.29, 0.717) is 34.1 Å². The van der Waals surface area contributed by atoms with Crippen LogP contribution in [0.15, 0.2) is 73.1 Å². The summed E-state index contributed by atoms with van der Waals surface area (Å²) < 4.78 is 14.9. The summed E-state index contributed by atoms with van der Waals surface area (Å²) in [7, 11) is 0. The summed E-state index contributed by atoms with van der Waals surface area (Å²) in [5, 5.41) is 7.81. The van der Waals surface area contributed by atoms with E-state index in [1.807, 2.05) is 36.4 Å². The van der Waals surface area contributed by atoms with Gasteiger partial charge in [0.2, 0.25) is 0 Å². The number of hydrogen-bond acceptors (Lipinski definition) is 4. The normalized spacial score (nSPS) is 13.5. The number of nitrogens with two attached hydrogens (primary N) is 1.